The van der Waals surface area contributed by atoms with Gasteiger partial charge >= 0.3 is 5.97 Å². The summed E-state index contributed by atoms with van der Waals surface area (Å²) in [5.41, 5.74) is 2.96. The van der Waals surface area contributed by atoms with Crippen LogP contribution in [0.15, 0.2) is 17.3 Å². The summed E-state index contributed by atoms with van der Waals surface area (Å²) in [7, 11) is 0. The molecule has 0 aliphatic carbocycles. The van der Waals surface area contributed by atoms with Crippen LogP contribution in [0.25, 0.3) is 0 Å². The van der Waals surface area contributed by atoms with Gasteiger partial charge in [-0.15, -0.1) is 0 Å². The fourth-order valence-corrected chi connectivity index (χ4v) is 1.36. The molecule has 5 nitrogen and oxygen atoms in total. The summed E-state index contributed by atoms with van der Waals surface area (Å²) in [6, 6.07) is 0. The van der Waals surface area contributed by atoms with E-state index in [-0.39, 0.29) is 0 Å². The van der Waals surface area contributed by atoms with E-state index in [0.29, 0.717) is 18.9 Å². The topological polar surface area (TPSA) is 64.9 Å². The van der Waals surface area contributed by atoms with Crippen LogP contribution in [0.1, 0.15) is 0 Å². The summed E-state index contributed by atoms with van der Waals surface area (Å²) in [6.45, 7) is 1.14. The van der Waals surface area contributed by atoms with Crippen molar-refractivity contribution in [1.82, 2.24) is 10.4 Å². The molecule has 0 aromatic carbocycles. The molecule has 2 aliphatic rings. The molecule has 0 saturated carbocycles. The molecule has 0 amide bonds. The number of amidine groups is 1. The standard InChI is InChI=1S/C7H9N3O2/c11-7(12)5-4-9-10-3-1-2-8-6(5)10/h1-2,5,9H,3-4H2,(H,11,12). The highest BCUT2D eigenvalue weighted by Gasteiger charge is 2.34. The predicted octanol–water partition coefficient (Wildman–Crippen LogP) is -0.567. The molecule has 0 radical (unpaired) electrons. The SMILES string of the molecule is O=C(O)C1CNN2CC=CN=C12. The van der Waals surface area contributed by atoms with Crippen LogP contribution in [0.3, 0.4) is 0 Å². The fraction of sp³-hybridized carbons (Fsp3) is 0.429. The molecule has 0 bridgehead atoms. The van der Waals surface area contributed by atoms with Crippen molar-refractivity contribution in [2.75, 3.05) is 13.1 Å². The minimum atomic E-state index is -0.820. The molecule has 12 heavy (non-hydrogen) atoms. The molecule has 1 fully saturated rings. The molecule has 1 atom stereocenters. The number of nitrogens with one attached hydrogen (secondary N) is 1. The molecule has 1 unspecified atom stereocenters. The second-order valence-electron chi connectivity index (χ2n) is 2.74. The normalized spacial score (nSPS) is 26.8. The zero-order chi connectivity index (χ0) is 8.55. The smallest absolute Gasteiger partial charge is 0.315 e. The van der Waals surface area contributed by atoms with Gasteiger partial charge in [0.2, 0.25) is 0 Å². The van der Waals surface area contributed by atoms with Crippen LogP contribution in [-0.4, -0.2) is 35.0 Å². The zero-order valence-electron chi connectivity index (χ0n) is 6.40. The van der Waals surface area contributed by atoms with Crippen molar-refractivity contribution in [3.8, 4) is 0 Å². The molecule has 0 spiro atoms. The van der Waals surface area contributed by atoms with Crippen LogP contribution in [0, 0.1) is 5.92 Å². The van der Waals surface area contributed by atoms with E-state index in [4.69, 9.17) is 5.11 Å². The predicted molar refractivity (Wildman–Crippen MR) is 42.4 cm³/mol. The second-order valence-corrected chi connectivity index (χ2v) is 2.74. The summed E-state index contributed by atoms with van der Waals surface area (Å²) in [6.07, 6.45) is 3.52. The lowest BCUT2D eigenvalue weighted by atomic mass is 10.1. The number of rotatable bonds is 1. The minimum absolute atomic E-state index is 0.440. The Hall–Kier alpha value is -1.36. The molecule has 2 N–H and O–H groups in total. The van der Waals surface area contributed by atoms with Gasteiger partial charge in [0.15, 0.2) is 0 Å². The van der Waals surface area contributed by atoms with E-state index in [2.05, 4.69) is 10.4 Å². The third-order valence-corrected chi connectivity index (χ3v) is 1.97. The maximum Gasteiger partial charge on any atom is 0.315 e. The average Bonchev–Trinajstić information content (AvgIpc) is 2.47. The van der Waals surface area contributed by atoms with Crippen molar-refractivity contribution in [3.63, 3.8) is 0 Å². The van der Waals surface area contributed by atoms with Gasteiger partial charge in [-0.25, -0.2) is 10.4 Å². The molecule has 0 aromatic rings. The highest BCUT2D eigenvalue weighted by molar-refractivity contribution is 6.02. The van der Waals surface area contributed by atoms with E-state index in [0.717, 1.165) is 0 Å². The molecular weight excluding hydrogens is 158 g/mol. The van der Waals surface area contributed by atoms with Crippen molar-refractivity contribution in [2.45, 2.75) is 0 Å². The van der Waals surface area contributed by atoms with Crippen molar-refractivity contribution in [2.24, 2.45) is 10.9 Å². The maximum atomic E-state index is 10.7. The lowest BCUT2D eigenvalue weighted by molar-refractivity contribution is -0.138. The number of hydrogen-bond donors (Lipinski definition) is 2. The molecule has 0 aromatic heterocycles. The highest BCUT2D eigenvalue weighted by atomic mass is 16.4. The number of fused-ring (bicyclic) bond motifs is 1. The average molecular weight is 167 g/mol. The second kappa shape index (κ2) is 2.60. The van der Waals surface area contributed by atoms with Crippen LogP contribution in [0.2, 0.25) is 0 Å². The molecule has 2 heterocycles. The number of aliphatic imine (C=N–C) groups is 1. The van der Waals surface area contributed by atoms with Gasteiger partial charge in [-0.05, 0) is 6.08 Å². The van der Waals surface area contributed by atoms with Gasteiger partial charge < -0.3 is 5.11 Å². The molecular formula is C7H9N3O2. The molecule has 5 heteroatoms. The van der Waals surface area contributed by atoms with Crippen molar-refractivity contribution < 1.29 is 9.90 Å². The number of carboxylic acid groups (broad SMARTS) is 1. The van der Waals surface area contributed by atoms with Gasteiger partial charge in [-0.3, -0.25) is 9.80 Å². The first-order valence-electron chi connectivity index (χ1n) is 3.75. The van der Waals surface area contributed by atoms with E-state index in [1.807, 2.05) is 6.08 Å². The molecule has 2 rings (SSSR count). The van der Waals surface area contributed by atoms with E-state index in [1.54, 1.807) is 11.2 Å². The fourth-order valence-electron chi connectivity index (χ4n) is 1.36. The Kier molecular flexibility index (Phi) is 1.58. The van der Waals surface area contributed by atoms with E-state index in [1.165, 1.54) is 0 Å². The van der Waals surface area contributed by atoms with Crippen LogP contribution < -0.4 is 5.43 Å². The summed E-state index contributed by atoms with van der Waals surface area (Å²) < 4.78 is 0. The third-order valence-electron chi connectivity index (χ3n) is 1.97. The van der Waals surface area contributed by atoms with Gasteiger partial charge in [-0.1, -0.05) is 0 Å². The Bertz CT molecular complexity index is 272. The summed E-state index contributed by atoms with van der Waals surface area (Å²) in [4.78, 5) is 14.7. The Morgan fingerprint density at radius 2 is 2.67 bits per heavy atom. The quantitative estimate of drug-likeness (QED) is 0.549. The number of carbonyl (C=O) groups is 1. The first-order chi connectivity index (χ1) is 5.79. The number of hydrogen-bond acceptors (Lipinski definition) is 4. The maximum absolute atomic E-state index is 10.7. The lowest BCUT2D eigenvalue weighted by Gasteiger charge is -2.19. The Morgan fingerprint density at radius 3 is 3.42 bits per heavy atom. The monoisotopic (exact) mass is 167 g/mol. The number of carboxylic acids is 1. The summed E-state index contributed by atoms with van der Waals surface area (Å²) >= 11 is 0. The van der Waals surface area contributed by atoms with Crippen LogP contribution in [0.5, 0.6) is 0 Å². The highest BCUT2D eigenvalue weighted by Crippen LogP contribution is 2.13. The largest absolute Gasteiger partial charge is 0.481 e. The first-order valence-corrected chi connectivity index (χ1v) is 3.75. The van der Waals surface area contributed by atoms with E-state index in [9.17, 15) is 4.79 Å². The molecule has 1 saturated heterocycles. The van der Waals surface area contributed by atoms with Crippen LogP contribution >= 0.6 is 0 Å². The third kappa shape index (κ3) is 0.984. The van der Waals surface area contributed by atoms with Crippen LogP contribution in [0.4, 0.5) is 0 Å². The lowest BCUT2D eigenvalue weighted by Crippen LogP contribution is -2.36. The summed E-state index contributed by atoms with van der Waals surface area (Å²) in [5, 5.41) is 10.5. The summed E-state index contributed by atoms with van der Waals surface area (Å²) in [5.74, 6) is -0.695. The van der Waals surface area contributed by atoms with Gasteiger partial charge in [0, 0.05) is 12.7 Å². The van der Waals surface area contributed by atoms with Gasteiger partial charge in [0.25, 0.3) is 0 Å². The Balaban J connectivity index is 2.25. The van der Waals surface area contributed by atoms with Crippen molar-refractivity contribution in [1.29, 1.82) is 0 Å². The van der Waals surface area contributed by atoms with Crippen LogP contribution in [-0.2, 0) is 4.79 Å². The Labute approximate surface area is 69.4 Å². The Morgan fingerprint density at radius 1 is 1.83 bits per heavy atom. The van der Waals surface area contributed by atoms with Gasteiger partial charge in [0.1, 0.15) is 11.8 Å². The van der Waals surface area contributed by atoms with Gasteiger partial charge in [-0.2, -0.15) is 0 Å². The minimum Gasteiger partial charge on any atom is -0.481 e. The van der Waals surface area contributed by atoms with E-state index < -0.39 is 11.9 Å². The van der Waals surface area contributed by atoms with Crippen molar-refractivity contribution in [3.05, 3.63) is 12.3 Å². The van der Waals surface area contributed by atoms with E-state index >= 15 is 0 Å². The molecule has 64 valence electrons. The number of aliphatic carboxylic acids is 1. The first kappa shape index (κ1) is 7.30. The van der Waals surface area contributed by atoms with Crippen molar-refractivity contribution >= 4 is 11.8 Å². The number of hydrazine groups is 1. The van der Waals surface area contributed by atoms with Gasteiger partial charge in [0.05, 0.1) is 6.54 Å². The zero-order valence-corrected chi connectivity index (χ0v) is 6.40. The number of nitrogens with zero attached hydrogens (tertiary/aromatic N) is 2. The molecule has 2 aliphatic heterocycles.